The molecule has 13 heteroatoms. The van der Waals surface area contributed by atoms with Gasteiger partial charge in [0.2, 0.25) is 0 Å². The quantitative estimate of drug-likeness (QED) is 0.310. The molecule has 11 nitrogen and oxygen atoms in total. The molecule has 0 radical (unpaired) electrons. The molecule has 2 saturated heterocycles. The van der Waals surface area contributed by atoms with Crippen LogP contribution in [0.15, 0.2) is 35.6 Å². The number of ether oxygens (including phenoxy) is 1. The van der Waals surface area contributed by atoms with Crippen LogP contribution in [-0.4, -0.2) is 91.5 Å². The Bertz CT molecular complexity index is 1860. The van der Waals surface area contributed by atoms with Crippen LogP contribution >= 0.6 is 11.6 Å². The van der Waals surface area contributed by atoms with E-state index in [0.29, 0.717) is 64.6 Å². The Balaban J connectivity index is 1.69. The fraction of sp³-hybridized carbons (Fsp3) is 0.387. The summed E-state index contributed by atoms with van der Waals surface area (Å²) in [6, 6.07) is 7.51. The van der Waals surface area contributed by atoms with Gasteiger partial charge < -0.3 is 0 Å². The number of hydrogen-bond acceptors (Lipinski definition) is 9. The molecule has 0 aliphatic carbocycles. The van der Waals surface area contributed by atoms with Gasteiger partial charge in [-0.3, -0.25) is 4.79 Å². The van der Waals surface area contributed by atoms with E-state index in [2.05, 4.69) is 36.2 Å². The van der Waals surface area contributed by atoms with Gasteiger partial charge in [0.25, 0.3) is 0 Å². The van der Waals surface area contributed by atoms with Crippen LogP contribution in [0.2, 0.25) is 5.02 Å². The molecular formula is C31H33ClN8O3W. The van der Waals surface area contributed by atoms with Crippen molar-refractivity contribution in [3.63, 3.8) is 0 Å². The van der Waals surface area contributed by atoms with Gasteiger partial charge in [-0.25, -0.2) is 0 Å². The minimum absolute atomic E-state index is 0.0757. The number of amides is 1. The zero-order valence-corrected chi connectivity index (χ0v) is 28.4. The molecule has 0 unspecified atom stereocenters. The number of nitrogens with zero attached hydrogens (tertiary/aromatic N) is 8. The molecule has 2 aliphatic heterocycles. The predicted molar refractivity (Wildman–Crippen MR) is 167 cm³/mol. The number of aromatic nitrogens is 4. The van der Waals surface area contributed by atoms with Crippen molar-refractivity contribution in [3.05, 3.63) is 62.5 Å². The third kappa shape index (κ3) is 6.12. The van der Waals surface area contributed by atoms with E-state index in [9.17, 15) is 14.9 Å². The molecule has 1 amide bonds. The second kappa shape index (κ2) is 13.5. The number of aryl methyl sites for hydroxylation is 1. The molecule has 2 fully saturated rings. The Morgan fingerprint density at radius 2 is 2.02 bits per heavy atom. The maximum atomic E-state index is 14.3. The summed E-state index contributed by atoms with van der Waals surface area (Å²) in [4.78, 5) is 47.0. The molecule has 1 aromatic carbocycles. The third-order valence-corrected chi connectivity index (χ3v) is 9.32. The fourth-order valence-electron chi connectivity index (χ4n) is 5.88. The van der Waals surface area contributed by atoms with Crippen LogP contribution in [0.5, 0.6) is 6.01 Å². The second-order valence-electron chi connectivity index (χ2n) is 10.9. The average molecular weight is 785 g/mol. The SMILES string of the molecule is C=CC(=O)N1CCN(c2nc(OC[C@@H]3CCCN3C)nc3c(=O)n(/C([CH]=[W])=c4\c(Cl)cccc4=C)c(C)nc23)C[C@@H]1CC#N. The molecule has 0 saturated carbocycles. The molecule has 3 aromatic rings. The number of likely N-dealkylation sites (tertiary alicyclic amines) is 1. The molecule has 2 atom stereocenters. The molecular weight excluding hydrogens is 752 g/mol. The summed E-state index contributed by atoms with van der Waals surface area (Å²) in [6.45, 7) is 12.0. The Labute approximate surface area is 271 Å². The van der Waals surface area contributed by atoms with Crippen LogP contribution in [0.1, 0.15) is 25.1 Å². The van der Waals surface area contributed by atoms with Crippen LogP contribution in [0.3, 0.4) is 0 Å². The van der Waals surface area contributed by atoms with Gasteiger partial charge in [-0.05, 0) is 6.08 Å². The number of piperazine rings is 1. The van der Waals surface area contributed by atoms with Crippen molar-refractivity contribution in [1.29, 1.82) is 5.26 Å². The molecule has 2 aliphatic rings. The first-order valence-corrected chi connectivity index (χ1v) is 16.4. The molecule has 0 spiro atoms. The normalized spacial score (nSPS) is 19.5. The van der Waals surface area contributed by atoms with Gasteiger partial charge in [0, 0.05) is 0 Å². The summed E-state index contributed by atoms with van der Waals surface area (Å²) in [5.74, 6) is 0.618. The van der Waals surface area contributed by atoms with E-state index >= 15 is 0 Å². The number of halogens is 1. The molecule has 2 aromatic heterocycles. The summed E-state index contributed by atoms with van der Waals surface area (Å²) in [5, 5.41) is 11.3. The Morgan fingerprint density at radius 3 is 2.68 bits per heavy atom. The molecule has 0 bridgehead atoms. The van der Waals surface area contributed by atoms with Crippen LogP contribution in [0.25, 0.3) is 23.3 Å². The number of anilines is 1. The van der Waals surface area contributed by atoms with E-state index in [1.807, 2.05) is 21.4 Å². The predicted octanol–water partition coefficient (Wildman–Crippen LogP) is 1.15. The monoisotopic (exact) mass is 784 g/mol. The molecule has 228 valence electrons. The van der Waals surface area contributed by atoms with E-state index < -0.39 is 6.04 Å². The van der Waals surface area contributed by atoms with Crippen molar-refractivity contribution in [2.75, 3.05) is 44.7 Å². The number of benzene rings is 1. The van der Waals surface area contributed by atoms with Gasteiger partial charge >= 0.3 is 249 Å². The average Bonchev–Trinajstić information content (AvgIpc) is 3.43. The van der Waals surface area contributed by atoms with Crippen LogP contribution in [-0.2, 0) is 24.1 Å². The van der Waals surface area contributed by atoms with Crippen LogP contribution < -0.4 is 25.6 Å². The molecule has 44 heavy (non-hydrogen) atoms. The van der Waals surface area contributed by atoms with Gasteiger partial charge in [-0.2, -0.15) is 5.26 Å². The number of carbonyl (C=O) groups is 1. The summed E-state index contributed by atoms with van der Waals surface area (Å²) in [7, 11) is 2.06. The minimum Gasteiger partial charge on any atom is -0.198 e. The van der Waals surface area contributed by atoms with Crippen LogP contribution in [0, 0.1) is 18.3 Å². The Hall–Kier alpha value is -3.71. The van der Waals surface area contributed by atoms with Gasteiger partial charge in [0.1, 0.15) is 0 Å². The Kier molecular flexibility index (Phi) is 9.74. The Morgan fingerprint density at radius 1 is 1.23 bits per heavy atom. The summed E-state index contributed by atoms with van der Waals surface area (Å²) < 4.78 is 9.54. The number of carbonyl (C=O) groups excluding carboxylic acids is 1. The molecule has 5 rings (SSSR count). The first kappa shape index (κ1) is 31.7. The van der Waals surface area contributed by atoms with Crippen molar-refractivity contribution >= 4 is 51.0 Å². The fourth-order valence-corrected chi connectivity index (χ4v) is 6.98. The van der Waals surface area contributed by atoms with Gasteiger partial charge in [-0.15, -0.1) is 0 Å². The van der Waals surface area contributed by atoms with Gasteiger partial charge in [-0.1, -0.05) is 6.58 Å². The topological polar surface area (TPSA) is 120 Å². The number of rotatable bonds is 8. The van der Waals surface area contributed by atoms with Crippen molar-refractivity contribution in [1.82, 2.24) is 29.3 Å². The third-order valence-electron chi connectivity index (χ3n) is 8.20. The number of fused-ring (bicyclic) bond motifs is 1. The summed E-state index contributed by atoms with van der Waals surface area (Å²) in [6.07, 6.45) is 3.47. The second-order valence-corrected chi connectivity index (χ2v) is 12.1. The van der Waals surface area contributed by atoms with E-state index in [-0.39, 0.29) is 35.5 Å². The van der Waals surface area contributed by atoms with Crippen molar-refractivity contribution < 1.29 is 28.9 Å². The van der Waals surface area contributed by atoms with E-state index in [4.69, 9.17) is 26.3 Å². The van der Waals surface area contributed by atoms with Crippen molar-refractivity contribution in [2.45, 2.75) is 38.3 Å². The first-order chi connectivity index (χ1) is 21.2. The van der Waals surface area contributed by atoms with Crippen molar-refractivity contribution in [3.8, 4) is 12.1 Å². The molecule has 0 N–H and O–H groups in total. The summed E-state index contributed by atoms with van der Waals surface area (Å²) in [5.41, 5.74) is 0.613. The van der Waals surface area contributed by atoms with E-state index in [1.54, 1.807) is 17.9 Å². The van der Waals surface area contributed by atoms with Crippen LogP contribution in [0.4, 0.5) is 5.82 Å². The smallest absolute Gasteiger partial charge is 0.198 e. The van der Waals surface area contributed by atoms with Gasteiger partial charge in [0.15, 0.2) is 0 Å². The molecule has 4 heterocycles. The standard InChI is InChI=1S/C31H33ClN8O3.W/c1-6-25(41)39-16-15-38(17-22(39)12-13-33)29-27-28(35-31(36-29)43-18-23-10-8-14-37(23)5)30(42)40(21(4)34-27)20(3)26-19(2)9-7-11-24(26)32;/h3,6-7,9,11,22-23H,1-2,8,10,12,14-18H2,4-5H3;/b26-20-;/t22-,23-;/m0./s1. The number of hydrogen-bond donors (Lipinski definition) is 0. The van der Waals surface area contributed by atoms with E-state index in [0.717, 1.165) is 38.7 Å². The maximum absolute atomic E-state index is 14.3. The van der Waals surface area contributed by atoms with Crippen molar-refractivity contribution in [2.24, 2.45) is 0 Å². The number of nitriles is 1. The first-order valence-electron chi connectivity index (χ1n) is 14.3. The number of likely N-dealkylation sites (N-methyl/N-ethyl adjacent to an activating group) is 1. The van der Waals surface area contributed by atoms with E-state index in [1.165, 1.54) is 10.6 Å². The van der Waals surface area contributed by atoms with Gasteiger partial charge in [0.05, 0.1) is 0 Å². The zero-order valence-electron chi connectivity index (χ0n) is 24.7. The summed E-state index contributed by atoms with van der Waals surface area (Å²) >= 11 is 7.72. The zero-order chi connectivity index (χ0) is 31.5. The minimum atomic E-state index is -0.393.